The normalized spacial score (nSPS) is 37.7. The average molecular weight is 298 g/mol. The van der Waals surface area contributed by atoms with Crippen LogP contribution in [0.15, 0.2) is 36.4 Å². The molecule has 0 saturated heterocycles. The number of nitrogens with two attached hydrogens (primary N) is 1. The highest BCUT2D eigenvalue weighted by Crippen LogP contribution is 2.72. The lowest BCUT2D eigenvalue weighted by atomic mass is 9.91. The van der Waals surface area contributed by atoms with E-state index in [9.17, 15) is 0 Å². The quantitative estimate of drug-likeness (QED) is 0.848. The van der Waals surface area contributed by atoms with Crippen molar-refractivity contribution in [2.75, 3.05) is 0 Å². The lowest BCUT2D eigenvalue weighted by Crippen LogP contribution is -2.17. The fourth-order valence-corrected chi connectivity index (χ4v) is 5.88. The van der Waals surface area contributed by atoms with Crippen molar-refractivity contribution in [2.24, 2.45) is 35.3 Å². The summed E-state index contributed by atoms with van der Waals surface area (Å²) in [4.78, 5) is 0. The molecule has 21 heavy (non-hydrogen) atoms. The zero-order valence-corrected chi connectivity index (χ0v) is 12.8. The number of benzene rings is 2. The van der Waals surface area contributed by atoms with Gasteiger partial charge in [0.25, 0.3) is 0 Å². The summed E-state index contributed by atoms with van der Waals surface area (Å²) in [6.07, 6.45) is 4.40. The molecular weight excluding hydrogens is 278 g/mol. The summed E-state index contributed by atoms with van der Waals surface area (Å²) in [7, 11) is 0. The molecule has 0 spiro atoms. The van der Waals surface area contributed by atoms with Gasteiger partial charge in [0.2, 0.25) is 0 Å². The van der Waals surface area contributed by atoms with Gasteiger partial charge in [-0.25, -0.2) is 0 Å². The first-order chi connectivity index (χ1) is 10.3. The van der Waals surface area contributed by atoms with Crippen molar-refractivity contribution in [3.8, 4) is 0 Å². The molecule has 3 saturated carbocycles. The van der Waals surface area contributed by atoms with E-state index in [2.05, 4.69) is 30.3 Å². The third-order valence-corrected chi connectivity index (χ3v) is 6.80. The van der Waals surface area contributed by atoms with Crippen molar-refractivity contribution >= 4 is 22.4 Å². The van der Waals surface area contributed by atoms with Crippen LogP contribution in [0.3, 0.4) is 0 Å². The third kappa shape index (κ3) is 1.62. The van der Waals surface area contributed by atoms with Crippen LogP contribution in [0.5, 0.6) is 0 Å². The van der Waals surface area contributed by atoms with Crippen molar-refractivity contribution in [2.45, 2.75) is 25.3 Å². The number of hydrogen-bond donors (Lipinski definition) is 1. The van der Waals surface area contributed by atoms with E-state index in [0.29, 0.717) is 0 Å². The van der Waals surface area contributed by atoms with Crippen LogP contribution >= 0.6 is 11.6 Å². The van der Waals surface area contributed by atoms with E-state index in [1.54, 1.807) is 0 Å². The second-order valence-electron chi connectivity index (χ2n) is 7.27. The van der Waals surface area contributed by atoms with E-state index < -0.39 is 0 Å². The van der Waals surface area contributed by atoms with E-state index in [-0.39, 0.29) is 6.04 Å². The van der Waals surface area contributed by atoms with Gasteiger partial charge in [-0.3, -0.25) is 0 Å². The first kappa shape index (κ1) is 12.5. The molecule has 2 aromatic carbocycles. The Morgan fingerprint density at radius 2 is 1.62 bits per heavy atom. The highest BCUT2D eigenvalue weighted by atomic mass is 35.5. The van der Waals surface area contributed by atoms with Gasteiger partial charge in [0.1, 0.15) is 0 Å². The lowest BCUT2D eigenvalue weighted by molar-refractivity contribution is 0.419. The van der Waals surface area contributed by atoms with E-state index in [1.165, 1.54) is 30.2 Å². The summed E-state index contributed by atoms with van der Waals surface area (Å²) in [5, 5.41) is 3.22. The largest absolute Gasteiger partial charge is 0.324 e. The Hall–Kier alpha value is -1.05. The van der Waals surface area contributed by atoms with E-state index in [0.717, 1.165) is 40.0 Å². The lowest BCUT2D eigenvalue weighted by Gasteiger charge is -2.19. The first-order valence-electron chi connectivity index (χ1n) is 8.18. The fraction of sp³-hybridized carbons (Fsp3) is 0.474. The van der Waals surface area contributed by atoms with Gasteiger partial charge in [0.05, 0.1) is 0 Å². The van der Waals surface area contributed by atoms with E-state index in [1.807, 2.05) is 6.07 Å². The minimum Gasteiger partial charge on any atom is -0.324 e. The van der Waals surface area contributed by atoms with Crippen LogP contribution in [0.25, 0.3) is 10.8 Å². The summed E-state index contributed by atoms with van der Waals surface area (Å²) in [5.41, 5.74) is 8.02. The SMILES string of the molecule is NC(c1ccc(Cl)c2ccccc12)C1C2C3CCC(C3)C21. The monoisotopic (exact) mass is 297 g/mol. The van der Waals surface area contributed by atoms with Crippen LogP contribution in [-0.4, -0.2) is 0 Å². The maximum absolute atomic E-state index is 6.72. The van der Waals surface area contributed by atoms with Gasteiger partial charge >= 0.3 is 0 Å². The Balaban J connectivity index is 1.55. The summed E-state index contributed by atoms with van der Waals surface area (Å²) in [5.74, 6) is 4.53. The molecule has 2 N–H and O–H groups in total. The molecular formula is C19H20ClN. The van der Waals surface area contributed by atoms with Crippen LogP contribution in [0.4, 0.5) is 0 Å². The fourth-order valence-electron chi connectivity index (χ4n) is 5.66. The van der Waals surface area contributed by atoms with Gasteiger partial charge in [0, 0.05) is 16.5 Å². The van der Waals surface area contributed by atoms with Crippen LogP contribution in [0, 0.1) is 29.6 Å². The Morgan fingerprint density at radius 3 is 2.33 bits per heavy atom. The van der Waals surface area contributed by atoms with Crippen LogP contribution in [0.2, 0.25) is 5.02 Å². The second kappa shape index (κ2) is 4.24. The van der Waals surface area contributed by atoms with Gasteiger partial charge in [-0.1, -0.05) is 41.9 Å². The van der Waals surface area contributed by atoms with Gasteiger partial charge in [-0.15, -0.1) is 0 Å². The minimum atomic E-state index is 0.186. The summed E-state index contributed by atoms with van der Waals surface area (Å²) in [6.45, 7) is 0. The van der Waals surface area contributed by atoms with Crippen LogP contribution < -0.4 is 5.73 Å². The second-order valence-corrected chi connectivity index (χ2v) is 7.68. The Bertz CT molecular complexity index is 709. The van der Waals surface area contributed by atoms with Crippen LogP contribution in [-0.2, 0) is 0 Å². The number of hydrogen-bond acceptors (Lipinski definition) is 1. The number of fused-ring (bicyclic) bond motifs is 6. The van der Waals surface area contributed by atoms with Crippen LogP contribution in [0.1, 0.15) is 30.9 Å². The average Bonchev–Trinajstić information content (AvgIpc) is 2.95. The molecule has 0 aromatic heterocycles. The van der Waals surface area contributed by atoms with Crippen molar-refractivity contribution in [1.82, 2.24) is 0 Å². The Kier molecular flexibility index (Phi) is 2.52. The van der Waals surface area contributed by atoms with Gasteiger partial charge in [-0.2, -0.15) is 0 Å². The molecule has 0 radical (unpaired) electrons. The van der Waals surface area contributed by atoms with Gasteiger partial charge in [0.15, 0.2) is 0 Å². The molecule has 3 aliphatic carbocycles. The minimum absolute atomic E-state index is 0.186. The zero-order valence-electron chi connectivity index (χ0n) is 12.0. The molecule has 1 nitrogen and oxygen atoms in total. The van der Waals surface area contributed by atoms with E-state index >= 15 is 0 Å². The van der Waals surface area contributed by atoms with Gasteiger partial charge < -0.3 is 5.73 Å². The maximum atomic E-state index is 6.72. The number of rotatable bonds is 2. The molecule has 108 valence electrons. The predicted molar refractivity (Wildman–Crippen MR) is 87.2 cm³/mol. The zero-order chi connectivity index (χ0) is 14.1. The topological polar surface area (TPSA) is 26.0 Å². The molecule has 0 aliphatic heterocycles. The molecule has 2 bridgehead atoms. The molecule has 0 heterocycles. The molecule has 5 atom stereocenters. The van der Waals surface area contributed by atoms with Crippen molar-refractivity contribution in [3.63, 3.8) is 0 Å². The predicted octanol–water partition coefficient (Wildman–Crippen LogP) is 4.79. The molecule has 0 amide bonds. The smallest absolute Gasteiger partial charge is 0.0484 e. The summed E-state index contributed by atoms with van der Waals surface area (Å²) >= 11 is 6.34. The van der Waals surface area contributed by atoms with Gasteiger partial charge in [-0.05, 0) is 65.9 Å². The maximum Gasteiger partial charge on any atom is 0.0484 e. The molecule has 3 fully saturated rings. The Morgan fingerprint density at radius 1 is 0.952 bits per heavy atom. The number of halogens is 1. The molecule has 2 aromatic rings. The summed E-state index contributed by atoms with van der Waals surface area (Å²) in [6, 6.07) is 12.8. The van der Waals surface area contributed by atoms with Crippen molar-refractivity contribution < 1.29 is 0 Å². The first-order valence-corrected chi connectivity index (χ1v) is 8.56. The summed E-state index contributed by atoms with van der Waals surface area (Å²) < 4.78 is 0. The standard InChI is InChI=1S/C19H20ClN/c20-15-8-7-14(12-3-1-2-4-13(12)15)19(21)18-16-10-5-6-11(9-10)17(16)18/h1-4,7-8,10-11,16-19H,5-6,9,21H2. The molecule has 5 unspecified atom stereocenters. The highest BCUT2D eigenvalue weighted by molar-refractivity contribution is 6.35. The molecule has 5 rings (SSSR count). The Labute approximate surface area is 130 Å². The van der Waals surface area contributed by atoms with E-state index in [4.69, 9.17) is 17.3 Å². The molecule has 2 heteroatoms. The highest BCUT2D eigenvalue weighted by Gasteiger charge is 2.66. The third-order valence-electron chi connectivity index (χ3n) is 6.47. The van der Waals surface area contributed by atoms with Crippen molar-refractivity contribution in [1.29, 1.82) is 0 Å². The molecule has 3 aliphatic rings. The van der Waals surface area contributed by atoms with Crippen molar-refractivity contribution in [3.05, 3.63) is 47.0 Å².